The Morgan fingerprint density at radius 1 is 1.26 bits per heavy atom. The molecule has 106 valence electrons. The highest BCUT2D eigenvalue weighted by Gasteiger charge is 2.39. The van der Waals surface area contributed by atoms with Crippen LogP contribution >= 0.6 is 11.8 Å². The predicted molar refractivity (Wildman–Crippen MR) is 70.4 cm³/mol. The lowest BCUT2D eigenvalue weighted by atomic mass is 9.66. The molecule has 1 aromatic rings. The minimum Gasteiger partial charge on any atom is -0.393 e. The quantitative estimate of drug-likeness (QED) is 0.838. The SMILES string of the molecule is CCC1C(O)CC1c1ccc(SCC(F)(F)F)cc1. The van der Waals surface area contributed by atoms with E-state index in [1.54, 1.807) is 12.1 Å². The van der Waals surface area contributed by atoms with Gasteiger partial charge < -0.3 is 5.11 Å². The van der Waals surface area contributed by atoms with Crippen LogP contribution in [0.2, 0.25) is 0 Å². The van der Waals surface area contributed by atoms with Gasteiger partial charge >= 0.3 is 6.18 Å². The second-order valence-electron chi connectivity index (χ2n) is 4.95. The van der Waals surface area contributed by atoms with Crippen molar-refractivity contribution < 1.29 is 18.3 Å². The van der Waals surface area contributed by atoms with Crippen LogP contribution in [0.5, 0.6) is 0 Å². The molecule has 1 aromatic carbocycles. The highest BCUT2D eigenvalue weighted by molar-refractivity contribution is 7.99. The number of hydrogen-bond acceptors (Lipinski definition) is 2. The van der Waals surface area contributed by atoms with Crippen molar-refractivity contribution in [1.29, 1.82) is 0 Å². The van der Waals surface area contributed by atoms with Crippen molar-refractivity contribution in [2.24, 2.45) is 5.92 Å². The molecule has 1 aliphatic carbocycles. The fourth-order valence-electron chi connectivity index (χ4n) is 2.60. The molecule has 1 aliphatic rings. The van der Waals surface area contributed by atoms with Crippen LogP contribution < -0.4 is 0 Å². The van der Waals surface area contributed by atoms with Crippen LogP contribution in [0.4, 0.5) is 13.2 Å². The molecule has 3 atom stereocenters. The molecular formula is C14H17F3OS. The average molecular weight is 290 g/mol. The van der Waals surface area contributed by atoms with Gasteiger partial charge in [-0.15, -0.1) is 11.8 Å². The summed E-state index contributed by atoms with van der Waals surface area (Å²) in [5, 5.41) is 9.64. The molecule has 0 bridgehead atoms. The van der Waals surface area contributed by atoms with Gasteiger partial charge in [-0.3, -0.25) is 0 Å². The maximum atomic E-state index is 12.1. The van der Waals surface area contributed by atoms with Gasteiger partial charge in [0, 0.05) is 4.90 Å². The van der Waals surface area contributed by atoms with Gasteiger partial charge in [0.1, 0.15) is 0 Å². The lowest BCUT2D eigenvalue weighted by Crippen LogP contribution is -2.38. The van der Waals surface area contributed by atoms with E-state index in [2.05, 4.69) is 0 Å². The van der Waals surface area contributed by atoms with Gasteiger partial charge in [-0.1, -0.05) is 25.5 Å². The van der Waals surface area contributed by atoms with Crippen LogP contribution in [-0.2, 0) is 0 Å². The fraction of sp³-hybridized carbons (Fsp3) is 0.571. The Bertz CT molecular complexity index is 416. The van der Waals surface area contributed by atoms with Gasteiger partial charge in [-0.05, 0) is 36.0 Å². The Kier molecular flexibility index (Phi) is 4.46. The smallest absolute Gasteiger partial charge is 0.393 e. The number of aliphatic hydroxyl groups is 1. The molecule has 0 aliphatic heterocycles. The monoisotopic (exact) mass is 290 g/mol. The zero-order valence-corrected chi connectivity index (χ0v) is 11.5. The summed E-state index contributed by atoms with van der Waals surface area (Å²) in [5.74, 6) is -0.221. The van der Waals surface area contributed by atoms with Crippen LogP contribution in [0.1, 0.15) is 31.2 Å². The molecule has 1 nitrogen and oxygen atoms in total. The molecule has 1 N–H and O–H groups in total. The first kappa shape index (κ1) is 14.7. The summed E-state index contributed by atoms with van der Waals surface area (Å²) in [6.07, 6.45) is -2.67. The van der Waals surface area contributed by atoms with Gasteiger partial charge in [0.05, 0.1) is 11.9 Å². The van der Waals surface area contributed by atoms with Crippen molar-refractivity contribution in [3.05, 3.63) is 29.8 Å². The molecule has 0 heterocycles. The van der Waals surface area contributed by atoms with Crippen LogP contribution in [-0.4, -0.2) is 23.1 Å². The molecule has 1 fully saturated rings. The largest absolute Gasteiger partial charge is 0.398 e. The second kappa shape index (κ2) is 5.75. The molecular weight excluding hydrogens is 273 g/mol. The molecule has 5 heteroatoms. The van der Waals surface area contributed by atoms with E-state index < -0.39 is 11.9 Å². The van der Waals surface area contributed by atoms with Crippen molar-refractivity contribution in [3.63, 3.8) is 0 Å². The van der Waals surface area contributed by atoms with E-state index >= 15 is 0 Å². The predicted octanol–water partition coefficient (Wildman–Crippen LogP) is 4.22. The first-order valence-corrected chi connectivity index (χ1v) is 7.37. The highest BCUT2D eigenvalue weighted by atomic mass is 32.2. The fourth-order valence-corrected chi connectivity index (χ4v) is 3.26. The van der Waals surface area contributed by atoms with Crippen molar-refractivity contribution >= 4 is 11.8 Å². The summed E-state index contributed by atoms with van der Waals surface area (Å²) in [4.78, 5) is 0.633. The van der Waals surface area contributed by atoms with Gasteiger partial charge in [0.15, 0.2) is 0 Å². The number of hydrogen-bond donors (Lipinski definition) is 1. The molecule has 0 saturated heterocycles. The van der Waals surface area contributed by atoms with E-state index in [-0.39, 0.29) is 12.0 Å². The molecule has 0 spiro atoms. The van der Waals surface area contributed by atoms with E-state index in [1.807, 2.05) is 19.1 Å². The molecule has 1 saturated carbocycles. The minimum atomic E-state index is -4.13. The van der Waals surface area contributed by atoms with Crippen molar-refractivity contribution in [3.8, 4) is 0 Å². The Labute approximate surface area is 115 Å². The number of rotatable bonds is 4. The molecule has 19 heavy (non-hydrogen) atoms. The van der Waals surface area contributed by atoms with Crippen molar-refractivity contribution in [2.45, 2.75) is 42.9 Å². The Balaban J connectivity index is 1.95. The van der Waals surface area contributed by atoms with Gasteiger partial charge in [0.2, 0.25) is 0 Å². The molecule has 0 aromatic heterocycles. The summed E-state index contributed by atoms with van der Waals surface area (Å²) >= 11 is 0.806. The van der Waals surface area contributed by atoms with E-state index in [4.69, 9.17) is 0 Å². The Hall–Kier alpha value is -0.680. The molecule has 0 amide bonds. The molecule has 2 rings (SSSR count). The van der Waals surface area contributed by atoms with Crippen LogP contribution in [0, 0.1) is 5.92 Å². The van der Waals surface area contributed by atoms with Crippen LogP contribution in [0.25, 0.3) is 0 Å². The zero-order valence-electron chi connectivity index (χ0n) is 10.7. The zero-order chi connectivity index (χ0) is 14.0. The van der Waals surface area contributed by atoms with Crippen LogP contribution in [0.3, 0.4) is 0 Å². The summed E-state index contributed by atoms with van der Waals surface area (Å²) in [6.45, 7) is 2.05. The topological polar surface area (TPSA) is 20.2 Å². The third-order valence-electron chi connectivity index (χ3n) is 3.69. The number of alkyl halides is 3. The van der Waals surface area contributed by atoms with Crippen LogP contribution in [0.15, 0.2) is 29.2 Å². The lowest BCUT2D eigenvalue weighted by molar-refractivity contribution is -0.105. The molecule has 0 radical (unpaired) electrons. The number of thioether (sulfide) groups is 1. The van der Waals surface area contributed by atoms with Crippen molar-refractivity contribution in [2.75, 3.05) is 5.75 Å². The normalized spacial score (nSPS) is 27.1. The Morgan fingerprint density at radius 3 is 2.37 bits per heavy atom. The summed E-state index contributed by atoms with van der Waals surface area (Å²) in [5.41, 5.74) is 1.12. The number of benzene rings is 1. The lowest BCUT2D eigenvalue weighted by Gasteiger charge is -2.41. The van der Waals surface area contributed by atoms with Gasteiger partial charge in [0.25, 0.3) is 0 Å². The Morgan fingerprint density at radius 2 is 1.89 bits per heavy atom. The third-order valence-corrected chi connectivity index (χ3v) is 4.77. The number of aliphatic hydroxyl groups excluding tert-OH is 1. The summed E-state index contributed by atoms with van der Waals surface area (Å²) < 4.78 is 36.3. The summed E-state index contributed by atoms with van der Waals surface area (Å²) in [7, 11) is 0. The standard InChI is InChI=1S/C14H17F3OS/c1-2-11-12(7-13(11)18)9-3-5-10(6-4-9)19-8-14(15,16)17/h3-6,11-13,18H,2,7-8H2,1H3. The van der Waals surface area contributed by atoms with Gasteiger partial charge in [-0.25, -0.2) is 0 Å². The summed E-state index contributed by atoms with van der Waals surface area (Å²) in [6, 6.07) is 7.25. The maximum absolute atomic E-state index is 12.1. The molecule has 3 unspecified atom stereocenters. The third kappa shape index (κ3) is 3.66. The first-order valence-electron chi connectivity index (χ1n) is 6.38. The number of halogens is 3. The van der Waals surface area contributed by atoms with E-state index in [0.717, 1.165) is 30.2 Å². The van der Waals surface area contributed by atoms with Gasteiger partial charge in [-0.2, -0.15) is 13.2 Å². The second-order valence-corrected chi connectivity index (χ2v) is 6.00. The minimum absolute atomic E-state index is 0.228. The van der Waals surface area contributed by atoms with Crippen molar-refractivity contribution in [1.82, 2.24) is 0 Å². The van der Waals surface area contributed by atoms with E-state index in [1.165, 1.54) is 0 Å². The highest BCUT2D eigenvalue weighted by Crippen LogP contribution is 2.44. The van der Waals surface area contributed by atoms with E-state index in [9.17, 15) is 18.3 Å². The maximum Gasteiger partial charge on any atom is 0.398 e. The first-order chi connectivity index (χ1) is 8.90. The average Bonchev–Trinajstić information content (AvgIpc) is 2.34. The van der Waals surface area contributed by atoms with E-state index in [0.29, 0.717) is 10.8 Å².